The first kappa shape index (κ1) is 25.2. The lowest BCUT2D eigenvalue weighted by Gasteiger charge is -2.26. The predicted octanol–water partition coefficient (Wildman–Crippen LogP) is 2.24. The Bertz CT molecular complexity index is 1190. The van der Waals surface area contributed by atoms with Crippen LogP contribution in [0.3, 0.4) is 0 Å². The summed E-state index contributed by atoms with van der Waals surface area (Å²) in [4.78, 5) is 12.8. The predicted molar refractivity (Wildman–Crippen MR) is 127 cm³/mol. The van der Waals surface area contributed by atoms with E-state index in [0.717, 1.165) is 16.1 Å². The van der Waals surface area contributed by atoms with Crippen LogP contribution in [0, 0.1) is 0 Å². The van der Waals surface area contributed by atoms with Gasteiger partial charge in [-0.3, -0.25) is 9.10 Å². The summed E-state index contributed by atoms with van der Waals surface area (Å²) in [6.45, 7) is 4.78. The normalized spacial score (nSPS) is 15.4. The summed E-state index contributed by atoms with van der Waals surface area (Å²) < 4.78 is 58.0. The van der Waals surface area contributed by atoms with Gasteiger partial charge in [-0.15, -0.1) is 0 Å². The minimum atomic E-state index is -3.72. The molecule has 9 nitrogen and oxygen atoms in total. The van der Waals surface area contributed by atoms with Crippen LogP contribution < -0.4 is 9.62 Å². The van der Waals surface area contributed by atoms with Crippen LogP contribution in [-0.4, -0.2) is 66.2 Å². The largest absolute Gasteiger partial charge is 0.379 e. The molecule has 180 valence electrons. The van der Waals surface area contributed by atoms with E-state index in [1.54, 1.807) is 12.1 Å². The highest BCUT2D eigenvalue weighted by Gasteiger charge is 2.27. The van der Waals surface area contributed by atoms with Crippen molar-refractivity contribution in [2.24, 2.45) is 0 Å². The third-order valence-electron chi connectivity index (χ3n) is 5.26. The van der Waals surface area contributed by atoms with Crippen molar-refractivity contribution in [2.75, 3.05) is 48.7 Å². The molecule has 1 amide bonds. The van der Waals surface area contributed by atoms with Gasteiger partial charge in [-0.1, -0.05) is 32.0 Å². The van der Waals surface area contributed by atoms with Gasteiger partial charge in [-0.2, -0.15) is 4.31 Å². The number of morpholine rings is 1. The minimum Gasteiger partial charge on any atom is -0.379 e. The fourth-order valence-corrected chi connectivity index (χ4v) is 5.84. The molecule has 0 aliphatic carbocycles. The summed E-state index contributed by atoms with van der Waals surface area (Å²) in [5.41, 5.74) is 1.64. The Labute approximate surface area is 195 Å². The molecule has 0 atom stereocenters. The molecule has 2 aromatic carbocycles. The Morgan fingerprint density at radius 3 is 2.21 bits per heavy atom. The first-order valence-electron chi connectivity index (χ1n) is 10.5. The number of nitrogens with zero attached hydrogens (tertiary/aromatic N) is 2. The van der Waals surface area contributed by atoms with Gasteiger partial charge in [0.1, 0.15) is 6.54 Å². The van der Waals surface area contributed by atoms with E-state index in [-0.39, 0.29) is 10.8 Å². The molecule has 1 heterocycles. The quantitative estimate of drug-likeness (QED) is 0.601. The molecule has 33 heavy (non-hydrogen) atoms. The number of benzene rings is 2. The van der Waals surface area contributed by atoms with Crippen LogP contribution in [0.5, 0.6) is 0 Å². The van der Waals surface area contributed by atoms with Crippen molar-refractivity contribution >= 4 is 37.3 Å². The molecule has 0 aromatic heterocycles. The fraction of sp³-hybridized carbons (Fsp3) is 0.409. The van der Waals surface area contributed by atoms with Gasteiger partial charge in [0.05, 0.1) is 30.1 Å². The Hall–Kier alpha value is -2.47. The molecule has 1 saturated heterocycles. The molecular formula is C22H29N3O6S2. The van der Waals surface area contributed by atoms with Gasteiger partial charge in [-0.25, -0.2) is 16.8 Å². The zero-order valence-corrected chi connectivity index (χ0v) is 20.5. The van der Waals surface area contributed by atoms with Gasteiger partial charge >= 0.3 is 0 Å². The van der Waals surface area contributed by atoms with Crippen LogP contribution in [0.4, 0.5) is 11.4 Å². The second-order valence-electron chi connectivity index (χ2n) is 8.07. The standard InChI is InChI=1S/C22H29N3O6S2/c1-17(2)20-6-4-5-7-21(20)25(32(3,27)28)16-22(26)23-18-8-10-19(11-9-18)33(29,30)24-12-14-31-15-13-24/h4-11,17H,12-16H2,1-3H3,(H,23,26). The summed E-state index contributed by atoms with van der Waals surface area (Å²) in [5.74, 6) is -0.475. The van der Waals surface area contributed by atoms with Crippen molar-refractivity contribution in [1.29, 1.82) is 0 Å². The number of carbonyl (C=O) groups is 1. The summed E-state index contributed by atoms with van der Waals surface area (Å²) in [5, 5.41) is 2.65. The molecule has 0 radical (unpaired) electrons. The number of rotatable bonds is 8. The Morgan fingerprint density at radius 1 is 1.03 bits per heavy atom. The molecule has 1 fully saturated rings. The molecule has 1 aliphatic rings. The maximum Gasteiger partial charge on any atom is 0.245 e. The van der Waals surface area contributed by atoms with Gasteiger partial charge < -0.3 is 10.1 Å². The number of hydrogen-bond donors (Lipinski definition) is 1. The van der Waals surface area contributed by atoms with E-state index in [1.165, 1.54) is 28.6 Å². The molecule has 0 bridgehead atoms. The maximum absolute atomic E-state index is 12.7. The third kappa shape index (κ3) is 6.11. The summed E-state index contributed by atoms with van der Waals surface area (Å²) >= 11 is 0. The SMILES string of the molecule is CC(C)c1ccccc1N(CC(=O)Nc1ccc(S(=O)(=O)N2CCOCC2)cc1)S(C)(=O)=O. The van der Waals surface area contributed by atoms with Gasteiger partial charge in [-0.05, 0) is 41.8 Å². The highest BCUT2D eigenvalue weighted by atomic mass is 32.2. The molecular weight excluding hydrogens is 466 g/mol. The van der Waals surface area contributed by atoms with Gasteiger partial charge in [0.15, 0.2) is 0 Å². The monoisotopic (exact) mass is 495 g/mol. The number of para-hydroxylation sites is 1. The number of carbonyl (C=O) groups excluding carboxylic acids is 1. The number of sulfonamides is 2. The second-order valence-corrected chi connectivity index (χ2v) is 11.9. The van der Waals surface area contributed by atoms with Crippen molar-refractivity contribution in [3.63, 3.8) is 0 Å². The number of anilines is 2. The summed E-state index contributed by atoms with van der Waals surface area (Å²) in [6.07, 6.45) is 1.06. The van der Waals surface area contributed by atoms with E-state index in [2.05, 4.69) is 5.32 Å². The smallest absolute Gasteiger partial charge is 0.245 e. The van der Waals surface area contributed by atoms with Crippen molar-refractivity contribution in [2.45, 2.75) is 24.7 Å². The highest BCUT2D eigenvalue weighted by Crippen LogP contribution is 2.29. The zero-order chi connectivity index (χ0) is 24.2. The molecule has 2 aromatic rings. The lowest BCUT2D eigenvalue weighted by Crippen LogP contribution is -2.40. The molecule has 3 rings (SSSR count). The van der Waals surface area contributed by atoms with Gasteiger partial charge in [0.25, 0.3) is 0 Å². The molecule has 0 spiro atoms. The summed E-state index contributed by atoms with van der Waals surface area (Å²) in [6, 6.07) is 12.9. The molecule has 0 saturated carbocycles. The maximum atomic E-state index is 12.7. The number of nitrogens with one attached hydrogen (secondary N) is 1. The molecule has 0 unspecified atom stereocenters. The molecule has 11 heteroatoms. The average Bonchev–Trinajstić information content (AvgIpc) is 2.77. The lowest BCUT2D eigenvalue weighted by atomic mass is 10.0. The zero-order valence-electron chi connectivity index (χ0n) is 18.9. The van der Waals surface area contributed by atoms with Crippen molar-refractivity contribution < 1.29 is 26.4 Å². The van der Waals surface area contributed by atoms with Crippen molar-refractivity contribution in [3.8, 4) is 0 Å². The van der Waals surface area contributed by atoms with Crippen molar-refractivity contribution in [1.82, 2.24) is 4.31 Å². The average molecular weight is 496 g/mol. The van der Waals surface area contributed by atoms with Crippen LogP contribution in [0.1, 0.15) is 25.3 Å². The Kier molecular flexibility index (Phi) is 7.78. The number of ether oxygens (including phenoxy) is 1. The van der Waals surface area contributed by atoms with E-state index in [4.69, 9.17) is 4.74 Å². The van der Waals surface area contributed by atoms with E-state index in [9.17, 15) is 21.6 Å². The van der Waals surface area contributed by atoms with Crippen LogP contribution >= 0.6 is 0 Å². The first-order chi connectivity index (χ1) is 15.5. The number of hydrogen-bond acceptors (Lipinski definition) is 6. The molecule has 1 aliphatic heterocycles. The lowest BCUT2D eigenvalue weighted by molar-refractivity contribution is -0.114. The minimum absolute atomic E-state index is 0.0643. The van der Waals surface area contributed by atoms with Gasteiger partial charge in [0.2, 0.25) is 26.0 Å². The van der Waals surface area contributed by atoms with E-state index in [0.29, 0.717) is 37.7 Å². The number of amides is 1. The van der Waals surface area contributed by atoms with Gasteiger partial charge in [0, 0.05) is 18.8 Å². The highest BCUT2D eigenvalue weighted by molar-refractivity contribution is 7.92. The molecule has 1 N–H and O–H groups in total. The topological polar surface area (TPSA) is 113 Å². The third-order valence-corrected chi connectivity index (χ3v) is 8.30. The Morgan fingerprint density at radius 2 is 1.64 bits per heavy atom. The van der Waals surface area contributed by atoms with Crippen LogP contribution in [0.15, 0.2) is 53.4 Å². The van der Waals surface area contributed by atoms with E-state index >= 15 is 0 Å². The van der Waals surface area contributed by atoms with Crippen LogP contribution in [-0.2, 0) is 29.6 Å². The van der Waals surface area contributed by atoms with Crippen LogP contribution in [0.25, 0.3) is 0 Å². The van der Waals surface area contributed by atoms with E-state index < -0.39 is 32.5 Å². The van der Waals surface area contributed by atoms with Crippen molar-refractivity contribution in [3.05, 3.63) is 54.1 Å². The van der Waals surface area contributed by atoms with E-state index in [1.807, 2.05) is 26.0 Å². The first-order valence-corrected chi connectivity index (χ1v) is 13.8. The Balaban J connectivity index is 1.75. The second kappa shape index (κ2) is 10.2. The van der Waals surface area contributed by atoms with Crippen LogP contribution in [0.2, 0.25) is 0 Å². The fourth-order valence-electron chi connectivity index (χ4n) is 3.56. The summed E-state index contributed by atoms with van der Waals surface area (Å²) in [7, 11) is -7.36.